The van der Waals surface area contributed by atoms with Gasteiger partial charge in [-0.15, -0.1) is 0 Å². The molecule has 0 unspecified atom stereocenters. The van der Waals surface area contributed by atoms with Gasteiger partial charge >= 0.3 is 0 Å². The third kappa shape index (κ3) is 4.75. The average molecular weight is 327 g/mol. The lowest BCUT2D eigenvalue weighted by Crippen LogP contribution is -2.21. The molecule has 0 aliphatic carbocycles. The van der Waals surface area contributed by atoms with Gasteiger partial charge < -0.3 is 14.8 Å². The fourth-order valence-electron chi connectivity index (χ4n) is 2.42. The maximum Gasteiger partial charge on any atom is 0.262 e. The van der Waals surface area contributed by atoms with E-state index in [1.54, 1.807) is 0 Å². The molecule has 0 aliphatic heterocycles. The van der Waals surface area contributed by atoms with Crippen molar-refractivity contribution in [2.75, 3.05) is 18.5 Å². The lowest BCUT2D eigenvalue weighted by molar-refractivity contribution is -0.118. The third-order valence-electron chi connectivity index (χ3n) is 3.61. The van der Waals surface area contributed by atoms with Gasteiger partial charge in [0.15, 0.2) is 6.61 Å². The molecule has 0 radical (unpaired) electrons. The first-order valence-electron chi connectivity index (χ1n) is 8.26. The molecule has 1 amide bonds. The molecule has 0 aliphatic rings. The molecule has 0 atom stereocenters. The molecule has 0 fully saturated rings. The van der Waals surface area contributed by atoms with Crippen LogP contribution in [0.5, 0.6) is 11.5 Å². The van der Waals surface area contributed by atoms with Gasteiger partial charge in [-0.1, -0.05) is 38.1 Å². The summed E-state index contributed by atoms with van der Waals surface area (Å²) >= 11 is 0. The molecule has 24 heavy (non-hydrogen) atoms. The van der Waals surface area contributed by atoms with Crippen molar-refractivity contribution >= 4 is 11.6 Å². The van der Waals surface area contributed by atoms with Crippen LogP contribution < -0.4 is 14.8 Å². The highest BCUT2D eigenvalue weighted by Gasteiger charge is 2.12. The van der Waals surface area contributed by atoms with Crippen molar-refractivity contribution in [1.82, 2.24) is 0 Å². The Bertz CT molecular complexity index is 695. The number of carbonyl (C=O) groups excluding carboxylic acids is 1. The predicted molar refractivity (Wildman–Crippen MR) is 97.0 cm³/mol. The second-order valence-electron chi connectivity index (χ2n) is 5.96. The molecule has 128 valence electrons. The zero-order chi connectivity index (χ0) is 17.5. The van der Waals surface area contributed by atoms with Crippen LogP contribution in [0.25, 0.3) is 0 Å². The van der Waals surface area contributed by atoms with Gasteiger partial charge in [-0.25, -0.2) is 0 Å². The molecule has 4 heteroatoms. The second kappa shape index (κ2) is 8.39. The first-order valence-corrected chi connectivity index (χ1v) is 8.26. The summed E-state index contributed by atoms with van der Waals surface area (Å²) in [6.45, 7) is 8.64. The molecular weight excluding hydrogens is 302 g/mol. The Morgan fingerprint density at radius 2 is 1.83 bits per heavy atom. The molecule has 0 saturated heterocycles. The van der Waals surface area contributed by atoms with Crippen LogP contribution >= 0.6 is 0 Å². The summed E-state index contributed by atoms with van der Waals surface area (Å²) in [5.74, 6) is 1.55. The SMILES string of the molecule is CCOc1ccccc1NC(=O)COc1cc(C)ccc1C(C)C. The minimum Gasteiger partial charge on any atom is -0.492 e. The summed E-state index contributed by atoms with van der Waals surface area (Å²) in [5.41, 5.74) is 2.86. The normalized spacial score (nSPS) is 10.5. The Morgan fingerprint density at radius 1 is 1.08 bits per heavy atom. The fraction of sp³-hybridized carbons (Fsp3) is 0.350. The van der Waals surface area contributed by atoms with Gasteiger partial charge in [0.25, 0.3) is 5.91 Å². The summed E-state index contributed by atoms with van der Waals surface area (Å²) in [7, 11) is 0. The molecule has 2 aromatic rings. The molecule has 0 heterocycles. The van der Waals surface area contributed by atoms with Gasteiger partial charge in [-0.3, -0.25) is 4.79 Å². The number of hydrogen-bond acceptors (Lipinski definition) is 3. The van der Waals surface area contributed by atoms with E-state index in [1.807, 2.05) is 44.2 Å². The largest absolute Gasteiger partial charge is 0.492 e. The number of nitrogens with one attached hydrogen (secondary N) is 1. The number of benzene rings is 2. The minimum atomic E-state index is -0.210. The van der Waals surface area contributed by atoms with Crippen molar-refractivity contribution in [3.63, 3.8) is 0 Å². The van der Waals surface area contributed by atoms with Crippen LogP contribution in [0.1, 0.15) is 37.8 Å². The van der Waals surface area contributed by atoms with E-state index in [0.29, 0.717) is 24.0 Å². The number of hydrogen-bond donors (Lipinski definition) is 1. The molecule has 0 saturated carbocycles. The van der Waals surface area contributed by atoms with E-state index in [4.69, 9.17) is 9.47 Å². The van der Waals surface area contributed by atoms with Gasteiger partial charge in [-0.2, -0.15) is 0 Å². The van der Waals surface area contributed by atoms with E-state index in [0.717, 1.165) is 16.9 Å². The molecule has 1 N–H and O–H groups in total. The standard InChI is InChI=1S/C20H25NO3/c1-5-23-18-9-7-6-8-17(18)21-20(22)13-24-19-12-15(4)10-11-16(19)14(2)3/h6-12,14H,5,13H2,1-4H3,(H,21,22). The van der Waals surface area contributed by atoms with Crippen LogP contribution in [0.15, 0.2) is 42.5 Å². The Labute approximate surface area is 143 Å². The van der Waals surface area contributed by atoms with Crippen molar-refractivity contribution in [2.24, 2.45) is 0 Å². The predicted octanol–water partition coefficient (Wildman–Crippen LogP) is 4.53. The second-order valence-corrected chi connectivity index (χ2v) is 5.96. The van der Waals surface area contributed by atoms with Crippen LogP contribution in [0.3, 0.4) is 0 Å². The van der Waals surface area contributed by atoms with Crippen molar-refractivity contribution in [3.8, 4) is 11.5 Å². The summed E-state index contributed by atoms with van der Waals surface area (Å²) in [6.07, 6.45) is 0. The first kappa shape index (κ1) is 17.9. The summed E-state index contributed by atoms with van der Waals surface area (Å²) in [5, 5.41) is 2.84. The van der Waals surface area contributed by atoms with E-state index in [-0.39, 0.29) is 12.5 Å². The maximum absolute atomic E-state index is 12.2. The van der Waals surface area contributed by atoms with Gasteiger partial charge in [0.05, 0.1) is 12.3 Å². The van der Waals surface area contributed by atoms with Crippen LogP contribution in [-0.4, -0.2) is 19.1 Å². The first-order chi connectivity index (χ1) is 11.5. The van der Waals surface area contributed by atoms with Crippen molar-refractivity contribution in [2.45, 2.75) is 33.6 Å². The summed E-state index contributed by atoms with van der Waals surface area (Å²) in [4.78, 5) is 12.2. The zero-order valence-corrected chi connectivity index (χ0v) is 14.8. The molecular formula is C20H25NO3. The van der Waals surface area contributed by atoms with Gasteiger partial charge in [0, 0.05) is 0 Å². The average Bonchev–Trinajstić information content (AvgIpc) is 2.55. The van der Waals surface area contributed by atoms with Crippen molar-refractivity contribution in [1.29, 1.82) is 0 Å². The van der Waals surface area contributed by atoms with Crippen LogP contribution in [0.4, 0.5) is 5.69 Å². The van der Waals surface area contributed by atoms with Crippen LogP contribution in [0.2, 0.25) is 0 Å². The maximum atomic E-state index is 12.2. The lowest BCUT2D eigenvalue weighted by Gasteiger charge is -2.15. The number of amides is 1. The Morgan fingerprint density at radius 3 is 2.54 bits per heavy atom. The topological polar surface area (TPSA) is 47.6 Å². The van der Waals surface area contributed by atoms with Gasteiger partial charge in [0.1, 0.15) is 11.5 Å². The number of para-hydroxylation sites is 2. The smallest absolute Gasteiger partial charge is 0.262 e. The number of ether oxygens (including phenoxy) is 2. The van der Waals surface area contributed by atoms with Crippen molar-refractivity contribution in [3.05, 3.63) is 53.6 Å². The monoisotopic (exact) mass is 327 g/mol. The summed E-state index contributed by atoms with van der Waals surface area (Å²) < 4.78 is 11.3. The van der Waals surface area contributed by atoms with Crippen LogP contribution in [-0.2, 0) is 4.79 Å². The zero-order valence-electron chi connectivity index (χ0n) is 14.8. The van der Waals surface area contributed by atoms with Gasteiger partial charge in [0.2, 0.25) is 0 Å². The summed E-state index contributed by atoms with van der Waals surface area (Å²) in [6, 6.07) is 13.5. The molecule has 4 nitrogen and oxygen atoms in total. The van der Waals surface area contributed by atoms with E-state index in [2.05, 4.69) is 31.3 Å². The third-order valence-corrected chi connectivity index (χ3v) is 3.61. The van der Waals surface area contributed by atoms with E-state index < -0.39 is 0 Å². The number of carbonyl (C=O) groups is 1. The molecule has 2 aromatic carbocycles. The fourth-order valence-corrected chi connectivity index (χ4v) is 2.42. The molecule has 2 rings (SSSR count). The Hall–Kier alpha value is -2.49. The minimum absolute atomic E-state index is 0.0381. The van der Waals surface area contributed by atoms with E-state index in [9.17, 15) is 4.79 Å². The Balaban J connectivity index is 2.03. The number of anilines is 1. The van der Waals surface area contributed by atoms with Gasteiger partial charge in [-0.05, 0) is 49.1 Å². The Kier molecular flexibility index (Phi) is 6.24. The number of aryl methyl sites for hydroxylation is 1. The highest BCUT2D eigenvalue weighted by molar-refractivity contribution is 5.93. The number of rotatable bonds is 7. The quantitative estimate of drug-likeness (QED) is 0.812. The lowest BCUT2D eigenvalue weighted by atomic mass is 10.0. The molecule has 0 aromatic heterocycles. The van der Waals surface area contributed by atoms with E-state index >= 15 is 0 Å². The molecule has 0 bridgehead atoms. The highest BCUT2D eigenvalue weighted by Crippen LogP contribution is 2.28. The van der Waals surface area contributed by atoms with Crippen LogP contribution in [0, 0.1) is 6.92 Å². The van der Waals surface area contributed by atoms with E-state index in [1.165, 1.54) is 0 Å². The van der Waals surface area contributed by atoms with Crippen molar-refractivity contribution < 1.29 is 14.3 Å². The molecule has 0 spiro atoms. The highest BCUT2D eigenvalue weighted by atomic mass is 16.5.